The zero-order valence-corrected chi connectivity index (χ0v) is 8.78. The van der Waals surface area contributed by atoms with E-state index < -0.39 is 0 Å². The highest BCUT2D eigenvalue weighted by atomic mass is 15.2. The van der Waals surface area contributed by atoms with E-state index >= 15 is 0 Å². The summed E-state index contributed by atoms with van der Waals surface area (Å²) in [6.45, 7) is 7.30. The van der Waals surface area contributed by atoms with Crippen LogP contribution in [0.25, 0.3) is 0 Å². The largest absolute Gasteiger partial charge is 0.359 e. The zero-order chi connectivity index (χ0) is 9.84. The summed E-state index contributed by atoms with van der Waals surface area (Å²) >= 11 is 0. The summed E-state index contributed by atoms with van der Waals surface area (Å²) in [5, 5.41) is 0. The van der Waals surface area contributed by atoms with Gasteiger partial charge in [-0.15, -0.1) is 0 Å². The Morgan fingerprint density at radius 3 is 2.62 bits per heavy atom. The fraction of sp³-hybridized carbons (Fsp3) is 0.600. The van der Waals surface area contributed by atoms with E-state index in [1.165, 1.54) is 0 Å². The smallest absolute Gasteiger partial charge is 0.147 e. The third kappa shape index (κ3) is 2.41. The molecule has 0 amide bonds. The molecule has 3 nitrogen and oxygen atoms in total. The zero-order valence-electron chi connectivity index (χ0n) is 8.78. The van der Waals surface area contributed by atoms with Crippen molar-refractivity contribution in [2.45, 2.75) is 26.7 Å². The number of hydrogen-bond donors (Lipinski definition) is 0. The fourth-order valence-electron chi connectivity index (χ4n) is 0.994. The third-order valence-corrected chi connectivity index (χ3v) is 2.10. The van der Waals surface area contributed by atoms with Crippen LogP contribution in [0, 0.1) is 0 Å². The van der Waals surface area contributed by atoms with Crippen molar-refractivity contribution in [3.63, 3.8) is 0 Å². The van der Waals surface area contributed by atoms with E-state index in [9.17, 15) is 0 Å². The molecule has 72 valence electrons. The van der Waals surface area contributed by atoms with Crippen molar-refractivity contribution in [1.82, 2.24) is 9.97 Å². The van der Waals surface area contributed by atoms with E-state index in [1.54, 1.807) is 6.20 Å². The molecular formula is C10H17N3. The number of hydrogen-bond acceptors (Lipinski definition) is 3. The standard InChI is InChI=1S/C10H17N3/c1-5-13(4)10-7-11-6-9(12-10)8(2)3/h6-8H,5H2,1-4H3. The van der Waals surface area contributed by atoms with Crippen LogP contribution in [0.2, 0.25) is 0 Å². The molecule has 0 atom stereocenters. The topological polar surface area (TPSA) is 29.0 Å². The van der Waals surface area contributed by atoms with Gasteiger partial charge in [0.05, 0.1) is 11.9 Å². The molecule has 0 aliphatic heterocycles. The second-order valence-corrected chi connectivity index (χ2v) is 3.47. The monoisotopic (exact) mass is 179 g/mol. The van der Waals surface area contributed by atoms with Crippen LogP contribution < -0.4 is 4.90 Å². The van der Waals surface area contributed by atoms with E-state index in [-0.39, 0.29) is 0 Å². The van der Waals surface area contributed by atoms with Crippen LogP contribution in [0.1, 0.15) is 32.4 Å². The molecule has 0 saturated carbocycles. The molecule has 0 aliphatic rings. The lowest BCUT2D eigenvalue weighted by Crippen LogP contribution is -2.18. The van der Waals surface area contributed by atoms with Gasteiger partial charge >= 0.3 is 0 Å². The van der Waals surface area contributed by atoms with Gasteiger partial charge in [-0.05, 0) is 12.8 Å². The number of nitrogens with zero attached hydrogens (tertiary/aromatic N) is 3. The van der Waals surface area contributed by atoms with E-state index in [0.717, 1.165) is 18.1 Å². The maximum atomic E-state index is 4.51. The van der Waals surface area contributed by atoms with Gasteiger partial charge in [0, 0.05) is 19.8 Å². The molecule has 13 heavy (non-hydrogen) atoms. The van der Waals surface area contributed by atoms with E-state index in [1.807, 2.05) is 13.2 Å². The molecule has 3 heteroatoms. The molecule has 0 unspecified atom stereocenters. The van der Waals surface area contributed by atoms with Crippen molar-refractivity contribution in [3.8, 4) is 0 Å². The van der Waals surface area contributed by atoms with Crippen LogP contribution in [-0.4, -0.2) is 23.6 Å². The van der Waals surface area contributed by atoms with Crippen molar-refractivity contribution in [2.75, 3.05) is 18.5 Å². The van der Waals surface area contributed by atoms with Crippen LogP contribution >= 0.6 is 0 Å². The summed E-state index contributed by atoms with van der Waals surface area (Å²) < 4.78 is 0. The van der Waals surface area contributed by atoms with Gasteiger partial charge in [-0.25, -0.2) is 4.98 Å². The Morgan fingerprint density at radius 2 is 2.08 bits per heavy atom. The van der Waals surface area contributed by atoms with Gasteiger partial charge in [-0.3, -0.25) is 4.98 Å². The van der Waals surface area contributed by atoms with Gasteiger partial charge in [-0.2, -0.15) is 0 Å². The lowest BCUT2D eigenvalue weighted by Gasteiger charge is -2.16. The average molecular weight is 179 g/mol. The molecule has 0 saturated heterocycles. The third-order valence-electron chi connectivity index (χ3n) is 2.10. The quantitative estimate of drug-likeness (QED) is 0.711. The number of rotatable bonds is 3. The summed E-state index contributed by atoms with van der Waals surface area (Å²) in [6, 6.07) is 0. The molecule has 0 N–H and O–H groups in total. The Labute approximate surface area is 79.8 Å². The first-order chi connectivity index (χ1) is 6.15. The molecule has 0 spiro atoms. The van der Waals surface area contributed by atoms with Crippen LogP contribution in [0.15, 0.2) is 12.4 Å². The highest BCUT2D eigenvalue weighted by Crippen LogP contribution is 2.13. The van der Waals surface area contributed by atoms with Crippen molar-refractivity contribution >= 4 is 5.82 Å². The molecule has 0 aromatic carbocycles. The van der Waals surface area contributed by atoms with Gasteiger partial charge in [0.1, 0.15) is 5.82 Å². The van der Waals surface area contributed by atoms with Crippen LogP contribution in [0.4, 0.5) is 5.82 Å². The Balaban J connectivity index is 2.91. The van der Waals surface area contributed by atoms with Gasteiger partial charge < -0.3 is 4.90 Å². The minimum absolute atomic E-state index is 0.442. The molecular weight excluding hydrogens is 162 g/mol. The molecule has 1 heterocycles. The first-order valence-electron chi connectivity index (χ1n) is 4.68. The van der Waals surface area contributed by atoms with Crippen LogP contribution in [0.5, 0.6) is 0 Å². The van der Waals surface area contributed by atoms with E-state index in [0.29, 0.717) is 5.92 Å². The predicted molar refractivity (Wildman–Crippen MR) is 55.1 cm³/mol. The van der Waals surface area contributed by atoms with Gasteiger partial charge in [0.15, 0.2) is 0 Å². The minimum Gasteiger partial charge on any atom is -0.359 e. The fourth-order valence-corrected chi connectivity index (χ4v) is 0.994. The highest BCUT2D eigenvalue weighted by molar-refractivity contribution is 5.35. The lowest BCUT2D eigenvalue weighted by molar-refractivity contribution is 0.799. The van der Waals surface area contributed by atoms with E-state index in [2.05, 4.69) is 35.6 Å². The first-order valence-corrected chi connectivity index (χ1v) is 4.68. The Hall–Kier alpha value is -1.12. The summed E-state index contributed by atoms with van der Waals surface area (Å²) in [5.74, 6) is 1.39. The minimum atomic E-state index is 0.442. The normalized spacial score (nSPS) is 10.5. The molecule has 1 aromatic heterocycles. The first kappa shape index (κ1) is 9.96. The SMILES string of the molecule is CCN(C)c1cncc(C(C)C)n1. The van der Waals surface area contributed by atoms with Crippen molar-refractivity contribution < 1.29 is 0 Å². The average Bonchev–Trinajstić information content (AvgIpc) is 2.17. The summed E-state index contributed by atoms with van der Waals surface area (Å²) in [5.41, 5.74) is 1.05. The van der Waals surface area contributed by atoms with Gasteiger partial charge in [0.2, 0.25) is 0 Å². The lowest BCUT2D eigenvalue weighted by atomic mass is 10.1. The maximum absolute atomic E-state index is 4.51. The van der Waals surface area contributed by atoms with Gasteiger partial charge in [0.25, 0.3) is 0 Å². The Kier molecular flexibility index (Phi) is 3.23. The predicted octanol–water partition coefficient (Wildman–Crippen LogP) is 2.06. The molecule has 1 aromatic rings. The van der Waals surface area contributed by atoms with Crippen molar-refractivity contribution in [3.05, 3.63) is 18.1 Å². The second kappa shape index (κ2) is 4.21. The number of anilines is 1. The summed E-state index contributed by atoms with van der Waals surface area (Å²) in [4.78, 5) is 10.8. The molecule has 0 fully saturated rings. The van der Waals surface area contributed by atoms with Crippen molar-refractivity contribution in [1.29, 1.82) is 0 Å². The maximum Gasteiger partial charge on any atom is 0.147 e. The Morgan fingerprint density at radius 1 is 1.38 bits per heavy atom. The van der Waals surface area contributed by atoms with E-state index in [4.69, 9.17) is 0 Å². The van der Waals surface area contributed by atoms with Crippen molar-refractivity contribution in [2.24, 2.45) is 0 Å². The van der Waals surface area contributed by atoms with Crippen LogP contribution in [-0.2, 0) is 0 Å². The Bertz CT molecular complexity index is 271. The molecule has 0 aliphatic carbocycles. The van der Waals surface area contributed by atoms with Crippen LogP contribution in [0.3, 0.4) is 0 Å². The molecule has 1 rings (SSSR count). The van der Waals surface area contributed by atoms with Gasteiger partial charge in [-0.1, -0.05) is 13.8 Å². The molecule has 0 radical (unpaired) electrons. The summed E-state index contributed by atoms with van der Waals surface area (Å²) in [7, 11) is 2.02. The summed E-state index contributed by atoms with van der Waals surface area (Å²) in [6.07, 6.45) is 3.63. The highest BCUT2D eigenvalue weighted by Gasteiger charge is 2.04. The second-order valence-electron chi connectivity index (χ2n) is 3.47. The number of aromatic nitrogens is 2. The molecule has 0 bridgehead atoms.